The summed E-state index contributed by atoms with van der Waals surface area (Å²) < 4.78 is 12.3. The van der Waals surface area contributed by atoms with Crippen molar-refractivity contribution in [3.8, 4) is 17.0 Å². The van der Waals surface area contributed by atoms with Gasteiger partial charge < -0.3 is 24.8 Å². The van der Waals surface area contributed by atoms with Gasteiger partial charge in [-0.25, -0.2) is 15.0 Å². The highest BCUT2D eigenvalue weighted by atomic mass is 16.5. The molecule has 11 heteroatoms. The maximum atomic E-state index is 13.4. The second-order valence-electron chi connectivity index (χ2n) is 8.17. The number of likely N-dealkylation sites (N-methyl/N-ethyl adjacent to an activating group) is 1. The summed E-state index contributed by atoms with van der Waals surface area (Å²) in [6.45, 7) is 4.87. The van der Waals surface area contributed by atoms with Crippen LogP contribution in [0.3, 0.4) is 0 Å². The summed E-state index contributed by atoms with van der Waals surface area (Å²) in [6.07, 6.45) is 3.55. The van der Waals surface area contributed by atoms with Gasteiger partial charge in [-0.2, -0.15) is 0 Å². The van der Waals surface area contributed by atoms with Crippen molar-refractivity contribution in [3.05, 3.63) is 40.9 Å². The zero-order valence-electron chi connectivity index (χ0n) is 20.5. The fourth-order valence-corrected chi connectivity index (χ4v) is 3.42. The van der Waals surface area contributed by atoms with E-state index >= 15 is 0 Å². The normalized spacial score (nSPS) is 11.9. The Balaban J connectivity index is 1.99. The number of nitrogens with one attached hydrogen (secondary N) is 1. The smallest absolute Gasteiger partial charge is 0.294 e. The predicted molar refractivity (Wildman–Crippen MR) is 133 cm³/mol. The lowest BCUT2D eigenvalue weighted by Gasteiger charge is -2.20. The van der Waals surface area contributed by atoms with Gasteiger partial charge in [-0.1, -0.05) is 6.92 Å². The summed E-state index contributed by atoms with van der Waals surface area (Å²) in [7, 11) is 3.17. The number of methoxy groups -OCH3 is 1. The minimum absolute atomic E-state index is 0.0948. The number of hydrogen-bond acceptors (Lipinski definition) is 9. The highest BCUT2D eigenvalue weighted by molar-refractivity contribution is 5.82. The molecule has 0 saturated heterocycles. The van der Waals surface area contributed by atoms with Gasteiger partial charge in [0.15, 0.2) is 11.5 Å². The number of nitrogens with zero attached hydrogens (tertiary/aromatic N) is 5. The number of ether oxygens (including phenoxy) is 2. The minimum Gasteiger partial charge on any atom is -0.481 e. The van der Waals surface area contributed by atoms with E-state index in [-0.39, 0.29) is 30.4 Å². The van der Waals surface area contributed by atoms with Crippen LogP contribution in [-0.4, -0.2) is 77.1 Å². The third-order valence-electron chi connectivity index (χ3n) is 5.21. The molecule has 0 bridgehead atoms. The van der Waals surface area contributed by atoms with Gasteiger partial charge in [-0.3, -0.25) is 14.2 Å². The van der Waals surface area contributed by atoms with Gasteiger partial charge in [0.25, 0.3) is 5.56 Å². The van der Waals surface area contributed by atoms with Crippen molar-refractivity contribution < 1.29 is 19.4 Å². The monoisotopic (exact) mass is 484 g/mol. The summed E-state index contributed by atoms with van der Waals surface area (Å²) in [5, 5.41) is 12.0. The molecule has 1 amide bonds. The first kappa shape index (κ1) is 26.0. The van der Waals surface area contributed by atoms with Crippen LogP contribution in [0.1, 0.15) is 20.3 Å². The molecule has 188 valence electrons. The second kappa shape index (κ2) is 12.2. The number of aliphatic hydroxyl groups excluding tert-OH is 1. The maximum Gasteiger partial charge on any atom is 0.294 e. The molecule has 0 aliphatic carbocycles. The third kappa shape index (κ3) is 6.74. The number of amides is 1. The van der Waals surface area contributed by atoms with E-state index in [0.717, 1.165) is 17.5 Å². The minimum atomic E-state index is -0.664. The highest BCUT2D eigenvalue weighted by Gasteiger charge is 2.18. The van der Waals surface area contributed by atoms with Gasteiger partial charge in [0, 0.05) is 56.3 Å². The lowest BCUT2D eigenvalue weighted by molar-refractivity contribution is -0.120. The molecule has 0 fully saturated rings. The lowest BCUT2D eigenvalue weighted by atomic mass is 10.1. The fraction of sp³-hybridized carbons (Fsp3) is 0.458. The number of anilines is 1. The molecule has 3 rings (SSSR count). The molecular weight excluding hydrogens is 452 g/mol. The standard InChI is InChI=1S/C24H32N6O5/c1-5-9-35-10-8-30-19-11-18(17-6-7-21(34-4)26-13-17)14-27-22(19)28-23(24(30)33)29(3)15-20(32)25-12-16(2)31/h6-7,11,13-14,16,31H,5,8-10,12,15H2,1-4H3,(H,25,32)/t16-/m1/s1. The SMILES string of the molecule is CCCOCCn1c(=O)c(N(C)CC(=O)NC[C@@H](C)O)nc2ncc(-c3ccc(OC)nc3)cc21. The van der Waals surface area contributed by atoms with E-state index in [4.69, 9.17) is 9.47 Å². The second-order valence-corrected chi connectivity index (χ2v) is 8.17. The van der Waals surface area contributed by atoms with Crippen LogP contribution in [-0.2, 0) is 16.1 Å². The van der Waals surface area contributed by atoms with Crippen LogP contribution in [0.4, 0.5) is 5.82 Å². The van der Waals surface area contributed by atoms with Crippen molar-refractivity contribution in [1.29, 1.82) is 0 Å². The molecule has 11 nitrogen and oxygen atoms in total. The van der Waals surface area contributed by atoms with Crippen LogP contribution in [0, 0.1) is 0 Å². The average molecular weight is 485 g/mol. The van der Waals surface area contributed by atoms with Crippen LogP contribution < -0.4 is 20.5 Å². The van der Waals surface area contributed by atoms with Crippen molar-refractivity contribution >= 4 is 22.9 Å². The maximum absolute atomic E-state index is 13.4. The van der Waals surface area contributed by atoms with Gasteiger partial charge >= 0.3 is 0 Å². The van der Waals surface area contributed by atoms with E-state index in [2.05, 4.69) is 20.3 Å². The van der Waals surface area contributed by atoms with Gasteiger partial charge in [0.1, 0.15) is 0 Å². The number of hydrogen-bond donors (Lipinski definition) is 2. The molecule has 2 N–H and O–H groups in total. The van der Waals surface area contributed by atoms with Gasteiger partial charge in [0.05, 0.1) is 31.9 Å². The lowest BCUT2D eigenvalue weighted by Crippen LogP contribution is -2.41. The van der Waals surface area contributed by atoms with E-state index in [1.165, 1.54) is 4.90 Å². The molecule has 1 atom stereocenters. The molecule has 0 unspecified atom stereocenters. The van der Waals surface area contributed by atoms with Crippen LogP contribution in [0.15, 0.2) is 35.4 Å². The summed E-state index contributed by atoms with van der Waals surface area (Å²) in [5.41, 5.74) is 2.17. The first-order valence-corrected chi connectivity index (χ1v) is 11.5. The largest absolute Gasteiger partial charge is 0.481 e. The molecule has 0 saturated carbocycles. The number of aromatic nitrogens is 4. The molecule has 3 heterocycles. The van der Waals surface area contributed by atoms with Gasteiger partial charge in [-0.15, -0.1) is 0 Å². The summed E-state index contributed by atoms with van der Waals surface area (Å²) in [6, 6.07) is 5.46. The van der Waals surface area contributed by atoms with E-state index in [1.54, 1.807) is 44.1 Å². The van der Waals surface area contributed by atoms with Gasteiger partial charge in [-0.05, 0) is 25.5 Å². The Morgan fingerprint density at radius 1 is 1.23 bits per heavy atom. The molecule has 0 radical (unpaired) electrons. The third-order valence-corrected chi connectivity index (χ3v) is 5.21. The van der Waals surface area contributed by atoms with E-state index in [9.17, 15) is 14.7 Å². The molecule has 3 aromatic heterocycles. The number of rotatable bonds is 12. The number of aliphatic hydroxyl groups is 1. The predicted octanol–water partition coefficient (Wildman–Crippen LogP) is 1.22. The Labute approximate surface area is 203 Å². The highest BCUT2D eigenvalue weighted by Crippen LogP contribution is 2.23. The Morgan fingerprint density at radius 2 is 2.00 bits per heavy atom. The van der Waals surface area contributed by atoms with Crippen molar-refractivity contribution in [2.75, 3.05) is 45.4 Å². The Bertz CT molecular complexity index is 1200. The zero-order valence-corrected chi connectivity index (χ0v) is 20.5. The first-order chi connectivity index (χ1) is 16.8. The molecule has 0 aliphatic rings. The van der Waals surface area contributed by atoms with Crippen LogP contribution in [0.5, 0.6) is 5.88 Å². The summed E-state index contributed by atoms with van der Waals surface area (Å²) in [5.74, 6) is 0.272. The molecule has 0 aromatic carbocycles. The molecule has 3 aromatic rings. The fourth-order valence-electron chi connectivity index (χ4n) is 3.42. The average Bonchev–Trinajstić information content (AvgIpc) is 2.85. The van der Waals surface area contributed by atoms with Crippen molar-refractivity contribution in [3.63, 3.8) is 0 Å². The molecule has 0 aliphatic heterocycles. The summed E-state index contributed by atoms with van der Waals surface area (Å²) >= 11 is 0. The van der Waals surface area contributed by atoms with E-state index in [1.807, 2.05) is 19.1 Å². The zero-order chi connectivity index (χ0) is 25.4. The Morgan fingerprint density at radius 3 is 2.66 bits per heavy atom. The first-order valence-electron chi connectivity index (χ1n) is 11.5. The molecule has 35 heavy (non-hydrogen) atoms. The van der Waals surface area contributed by atoms with Crippen LogP contribution in [0.2, 0.25) is 0 Å². The van der Waals surface area contributed by atoms with E-state index < -0.39 is 6.10 Å². The van der Waals surface area contributed by atoms with Gasteiger partial charge in [0.2, 0.25) is 11.8 Å². The topological polar surface area (TPSA) is 132 Å². The van der Waals surface area contributed by atoms with Crippen LogP contribution >= 0.6 is 0 Å². The Hall–Kier alpha value is -3.57. The molecule has 0 spiro atoms. The van der Waals surface area contributed by atoms with E-state index in [0.29, 0.717) is 36.8 Å². The number of pyridine rings is 2. The number of fused-ring (bicyclic) bond motifs is 1. The quantitative estimate of drug-likeness (QED) is 0.364. The van der Waals surface area contributed by atoms with Crippen molar-refractivity contribution in [1.82, 2.24) is 24.8 Å². The Kier molecular flexibility index (Phi) is 9.10. The molecular formula is C24H32N6O5. The van der Waals surface area contributed by atoms with Crippen molar-refractivity contribution in [2.24, 2.45) is 0 Å². The summed E-state index contributed by atoms with van der Waals surface area (Å²) in [4.78, 5) is 40.4. The number of carbonyl (C=O) groups excluding carboxylic acids is 1. The number of carbonyl (C=O) groups is 1. The van der Waals surface area contributed by atoms with Crippen molar-refractivity contribution in [2.45, 2.75) is 32.9 Å². The van der Waals surface area contributed by atoms with Crippen LogP contribution in [0.25, 0.3) is 22.3 Å².